The van der Waals surface area contributed by atoms with Gasteiger partial charge in [-0.05, 0) is 36.8 Å². The van der Waals surface area contributed by atoms with Gasteiger partial charge in [-0.1, -0.05) is 12.1 Å². The van der Waals surface area contributed by atoms with Gasteiger partial charge in [0.05, 0.1) is 12.0 Å². The van der Waals surface area contributed by atoms with Crippen molar-refractivity contribution in [2.45, 2.75) is 25.1 Å². The number of benzene rings is 1. The molecule has 0 bridgehead atoms. The van der Waals surface area contributed by atoms with Crippen molar-refractivity contribution in [2.24, 2.45) is 0 Å². The summed E-state index contributed by atoms with van der Waals surface area (Å²) in [6.45, 7) is 1.80. The number of hydrogen-bond donors (Lipinski definition) is 2. The van der Waals surface area contributed by atoms with Crippen LogP contribution in [0.25, 0.3) is 0 Å². The molecule has 0 spiro atoms. The van der Waals surface area contributed by atoms with E-state index in [0.717, 1.165) is 5.76 Å². The summed E-state index contributed by atoms with van der Waals surface area (Å²) in [5.41, 5.74) is 6.87. The SMILES string of the molecule is CC(Cc1ccco1)NS(=O)(=O)Cc1cccc(N)c1. The van der Waals surface area contributed by atoms with E-state index in [9.17, 15) is 8.42 Å². The van der Waals surface area contributed by atoms with Gasteiger partial charge in [0.15, 0.2) is 0 Å². The smallest absolute Gasteiger partial charge is 0.216 e. The molecule has 0 radical (unpaired) electrons. The number of hydrogen-bond acceptors (Lipinski definition) is 4. The highest BCUT2D eigenvalue weighted by atomic mass is 32.2. The molecule has 2 rings (SSSR count). The van der Waals surface area contributed by atoms with Gasteiger partial charge < -0.3 is 10.2 Å². The van der Waals surface area contributed by atoms with Gasteiger partial charge in [0, 0.05) is 18.2 Å². The molecule has 1 aromatic heterocycles. The summed E-state index contributed by atoms with van der Waals surface area (Å²) in [6, 6.07) is 10.2. The summed E-state index contributed by atoms with van der Waals surface area (Å²) in [7, 11) is -3.40. The average molecular weight is 294 g/mol. The summed E-state index contributed by atoms with van der Waals surface area (Å²) in [5, 5.41) is 0. The van der Waals surface area contributed by atoms with E-state index < -0.39 is 10.0 Å². The molecule has 3 N–H and O–H groups in total. The van der Waals surface area contributed by atoms with Crippen LogP contribution in [0.3, 0.4) is 0 Å². The zero-order valence-electron chi connectivity index (χ0n) is 11.2. The predicted octanol–water partition coefficient (Wildman–Crippen LogP) is 1.91. The van der Waals surface area contributed by atoms with Crippen LogP contribution in [-0.4, -0.2) is 14.5 Å². The second-order valence-electron chi connectivity index (χ2n) is 4.81. The highest BCUT2D eigenvalue weighted by molar-refractivity contribution is 7.88. The third-order valence-electron chi connectivity index (χ3n) is 2.78. The Bertz CT molecular complexity index is 651. The quantitative estimate of drug-likeness (QED) is 0.797. The minimum Gasteiger partial charge on any atom is -0.469 e. The molecule has 0 fully saturated rings. The maximum Gasteiger partial charge on any atom is 0.216 e. The van der Waals surface area contributed by atoms with Gasteiger partial charge in [-0.25, -0.2) is 13.1 Å². The van der Waals surface area contributed by atoms with Crippen LogP contribution < -0.4 is 10.5 Å². The van der Waals surface area contributed by atoms with Gasteiger partial charge in [0.25, 0.3) is 0 Å². The van der Waals surface area contributed by atoms with Gasteiger partial charge in [0.2, 0.25) is 10.0 Å². The molecule has 1 aromatic carbocycles. The van der Waals surface area contributed by atoms with E-state index in [4.69, 9.17) is 10.2 Å². The molecule has 0 amide bonds. The third kappa shape index (κ3) is 4.40. The van der Waals surface area contributed by atoms with Crippen molar-refractivity contribution in [1.29, 1.82) is 0 Å². The Kier molecular flexibility index (Phi) is 4.46. The molecular formula is C14H18N2O3S. The topological polar surface area (TPSA) is 85.3 Å². The number of nitrogens with one attached hydrogen (secondary N) is 1. The lowest BCUT2D eigenvalue weighted by molar-refractivity contribution is 0.479. The van der Waals surface area contributed by atoms with Gasteiger partial charge in [-0.2, -0.15) is 0 Å². The fourth-order valence-corrected chi connectivity index (χ4v) is 3.42. The van der Waals surface area contributed by atoms with Gasteiger partial charge in [-0.3, -0.25) is 0 Å². The number of nitrogens with two attached hydrogens (primary N) is 1. The van der Waals surface area contributed by atoms with Gasteiger partial charge >= 0.3 is 0 Å². The Morgan fingerprint density at radius 1 is 1.30 bits per heavy atom. The lowest BCUT2D eigenvalue weighted by Gasteiger charge is -2.13. The average Bonchev–Trinajstić information content (AvgIpc) is 2.79. The molecular weight excluding hydrogens is 276 g/mol. The molecule has 1 heterocycles. The molecule has 0 saturated heterocycles. The van der Waals surface area contributed by atoms with Crippen LogP contribution in [0.2, 0.25) is 0 Å². The number of sulfonamides is 1. The summed E-state index contributed by atoms with van der Waals surface area (Å²) in [4.78, 5) is 0. The number of anilines is 1. The monoisotopic (exact) mass is 294 g/mol. The van der Waals surface area contributed by atoms with Crippen molar-refractivity contribution in [2.75, 3.05) is 5.73 Å². The Morgan fingerprint density at radius 2 is 2.10 bits per heavy atom. The summed E-state index contributed by atoms with van der Waals surface area (Å²) >= 11 is 0. The van der Waals surface area contributed by atoms with Crippen molar-refractivity contribution in [3.8, 4) is 0 Å². The Morgan fingerprint density at radius 3 is 2.75 bits per heavy atom. The fourth-order valence-electron chi connectivity index (χ4n) is 2.02. The first kappa shape index (κ1) is 14.6. The molecule has 108 valence electrons. The maximum absolute atomic E-state index is 12.1. The zero-order valence-corrected chi connectivity index (χ0v) is 12.1. The van der Waals surface area contributed by atoms with Crippen LogP contribution in [0.5, 0.6) is 0 Å². The number of furan rings is 1. The van der Waals surface area contributed by atoms with E-state index in [-0.39, 0.29) is 11.8 Å². The Labute approximate surface area is 118 Å². The maximum atomic E-state index is 12.1. The zero-order chi connectivity index (χ0) is 14.6. The van der Waals surface area contributed by atoms with Gasteiger partial charge in [0.1, 0.15) is 5.76 Å². The van der Waals surface area contributed by atoms with Crippen molar-refractivity contribution >= 4 is 15.7 Å². The van der Waals surface area contributed by atoms with E-state index in [0.29, 0.717) is 17.7 Å². The molecule has 5 nitrogen and oxygen atoms in total. The van der Waals surface area contributed by atoms with E-state index in [1.54, 1.807) is 43.5 Å². The van der Waals surface area contributed by atoms with Gasteiger partial charge in [-0.15, -0.1) is 0 Å². The van der Waals surface area contributed by atoms with Crippen molar-refractivity contribution in [3.63, 3.8) is 0 Å². The minimum absolute atomic E-state index is 0.0828. The Balaban J connectivity index is 1.96. The normalized spacial score (nSPS) is 13.2. The molecule has 6 heteroatoms. The van der Waals surface area contributed by atoms with Crippen LogP contribution in [-0.2, 0) is 22.2 Å². The van der Waals surface area contributed by atoms with Crippen LogP contribution in [0.1, 0.15) is 18.2 Å². The summed E-state index contributed by atoms with van der Waals surface area (Å²) < 4.78 is 32.0. The largest absolute Gasteiger partial charge is 0.469 e. The first-order valence-electron chi connectivity index (χ1n) is 6.31. The third-order valence-corrected chi connectivity index (χ3v) is 4.25. The molecule has 0 aliphatic carbocycles. The first-order valence-corrected chi connectivity index (χ1v) is 7.96. The number of nitrogen functional groups attached to an aromatic ring is 1. The minimum atomic E-state index is -3.40. The van der Waals surface area contributed by atoms with E-state index in [1.165, 1.54) is 0 Å². The predicted molar refractivity (Wildman–Crippen MR) is 78.5 cm³/mol. The van der Waals surface area contributed by atoms with Crippen LogP contribution in [0.15, 0.2) is 47.1 Å². The molecule has 1 atom stereocenters. The lowest BCUT2D eigenvalue weighted by Crippen LogP contribution is -2.34. The van der Waals surface area contributed by atoms with Crippen LogP contribution in [0.4, 0.5) is 5.69 Å². The van der Waals surface area contributed by atoms with Crippen LogP contribution >= 0.6 is 0 Å². The summed E-state index contributed by atoms with van der Waals surface area (Å²) in [6.07, 6.45) is 2.09. The van der Waals surface area contributed by atoms with E-state index >= 15 is 0 Å². The summed E-state index contributed by atoms with van der Waals surface area (Å²) in [5.74, 6) is 0.671. The van der Waals surface area contributed by atoms with Crippen LogP contribution in [0, 0.1) is 0 Å². The van der Waals surface area contributed by atoms with E-state index in [2.05, 4.69) is 4.72 Å². The fraction of sp³-hybridized carbons (Fsp3) is 0.286. The highest BCUT2D eigenvalue weighted by Crippen LogP contribution is 2.11. The molecule has 1 unspecified atom stereocenters. The van der Waals surface area contributed by atoms with Crippen molar-refractivity contribution in [3.05, 3.63) is 54.0 Å². The molecule has 2 aromatic rings. The second kappa shape index (κ2) is 6.11. The molecule has 20 heavy (non-hydrogen) atoms. The molecule has 0 aliphatic rings. The second-order valence-corrected chi connectivity index (χ2v) is 6.56. The van der Waals surface area contributed by atoms with Crippen molar-refractivity contribution in [1.82, 2.24) is 4.72 Å². The number of rotatable bonds is 6. The van der Waals surface area contributed by atoms with Crippen molar-refractivity contribution < 1.29 is 12.8 Å². The van der Waals surface area contributed by atoms with E-state index in [1.807, 2.05) is 6.07 Å². The highest BCUT2D eigenvalue weighted by Gasteiger charge is 2.16. The molecule has 0 aliphatic heterocycles. The first-order chi connectivity index (χ1) is 9.44. The molecule has 0 saturated carbocycles. The lowest BCUT2D eigenvalue weighted by atomic mass is 10.2. The standard InChI is InChI=1S/C14H18N2O3S/c1-11(8-14-6-3-7-19-14)16-20(17,18)10-12-4-2-5-13(15)9-12/h2-7,9,11,16H,8,10,15H2,1H3. The Hall–Kier alpha value is -1.79.